The summed E-state index contributed by atoms with van der Waals surface area (Å²) in [4.78, 5) is 0. The summed E-state index contributed by atoms with van der Waals surface area (Å²) in [6, 6.07) is 8.20. The monoisotopic (exact) mass is 253 g/mol. The first kappa shape index (κ1) is 14.2. The lowest BCUT2D eigenvalue weighted by atomic mass is 10.2. The Labute approximate surface area is 109 Å². The van der Waals surface area contributed by atoms with Crippen LogP contribution < -0.4 is 10.1 Å². The summed E-state index contributed by atoms with van der Waals surface area (Å²) in [5, 5.41) is 3.41. The maximum absolute atomic E-state index is 5.69. The van der Waals surface area contributed by atoms with Gasteiger partial charge in [0.2, 0.25) is 0 Å². The Morgan fingerprint density at radius 3 is 2.88 bits per heavy atom. The van der Waals surface area contributed by atoms with Gasteiger partial charge in [0.15, 0.2) is 0 Å². The highest BCUT2D eigenvalue weighted by molar-refractivity contribution is 7.98. The van der Waals surface area contributed by atoms with E-state index in [0.29, 0.717) is 5.92 Å². The van der Waals surface area contributed by atoms with E-state index in [1.165, 1.54) is 12.2 Å². The van der Waals surface area contributed by atoms with E-state index in [2.05, 4.69) is 37.6 Å². The van der Waals surface area contributed by atoms with Crippen LogP contribution >= 0.6 is 11.8 Å². The van der Waals surface area contributed by atoms with Gasteiger partial charge in [0.25, 0.3) is 0 Å². The van der Waals surface area contributed by atoms with E-state index < -0.39 is 0 Å². The molecule has 1 rings (SSSR count). The highest BCUT2D eigenvalue weighted by Crippen LogP contribution is 2.18. The highest BCUT2D eigenvalue weighted by atomic mass is 32.2. The molecular formula is C14H23NOS. The molecule has 0 spiro atoms. The smallest absolute Gasteiger partial charge is 0.121 e. The molecule has 0 atom stereocenters. The van der Waals surface area contributed by atoms with Crippen LogP contribution in [0.1, 0.15) is 20.3 Å². The summed E-state index contributed by atoms with van der Waals surface area (Å²) in [7, 11) is 0. The first-order valence-electron chi connectivity index (χ1n) is 6.18. The van der Waals surface area contributed by atoms with Crippen molar-refractivity contribution in [2.75, 3.05) is 30.5 Å². The molecule has 0 aliphatic rings. The molecule has 17 heavy (non-hydrogen) atoms. The Balaban J connectivity index is 2.37. The van der Waals surface area contributed by atoms with Gasteiger partial charge in [-0.25, -0.2) is 0 Å². The van der Waals surface area contributed by atoms with Crippen molar-refractivity contribution in [1.82, 2.24) is 0 Å². The van der Waals surface area contributed by atoms with Gasteiger partial charge in [-0.3, -0.25) is 0 Å². The first-order chi connectivity index (χ1) is 8.22. The highest BCUT2D eigenvalue weighted by Gasteiger charge is 1.98. The zero-order valence-electron chi connectivity index (χ0n) is 11.0. The predicted molar refractivity (Wildman–Crippen MR) is 78.3 cm³/mol. The van der Waals surface area contributed by atoms with E-state index in [9.17, 15) is 0 Å². The first-order valence-corrected chi connectivity index (χ1v) is 7.57. The van der Waals surface area contributed by atoms with Crippen LogP contribution in [0.4, 0.5) is 5.69 Å². The standard InChI is InChI=1S/C14H23NOS/c1-12(2)11-16-14-7-4-6-13(10-14)15-8-5-9-17-3/h4,6-7,10,12,15H,5,8-9,11H2,1-3H3. The Hall–Kier alpha value is -0.830. The van der Waals surface area contributed by atoms with Crippen molar-refractivity contribution in [3.8, 4) is 5.75 Å². The van der Waals surface area contributed by atoms with Crippen molar-refractivity contribution in [1.29, 1.82) is 0 Å². The number of hydrogen-bond donors (Lipinski definition) is 1. The summed E-state index contributed by atoms with van der Waals surface area (Å²) in [6.07, 6.45) is 3.33. The fourth-order valence-electron chi connectivity index (χ4n) is 1.41. The van der Waals surface area contributed by atoms with Crippen LogP contribution in [0.2, 0.25) is 0 Å². The van der Waals surface area contributed by atoms with E-state index in [0.717, 1.165) is 24.6 Å². The van der Waals surface area contributed by atoms with Crippen LogP contribution in [0.5, 0.6) is 5.75 Å². The fourth-order valence-corrected chi connectivity index (χ4v) is 1.84. The van der Waals surface area contributed by atoms with Gasteiger partial charge in [-0.05, 0) is 36.5 Å². The van der Waals surface area contributed by atoms with Crippen molar-refractivity contribution in [2.45, 2.75) is 20.3 Å². The van der Waals surface area contributed by atoms with Crippen molar-refractivity contribution in [3.05, 3.63) is 24.3 Å². The summed E-state index contributed by atoms with van der Waals surface area (Å²) in [5.74, 6) is 2.72. The molecule has 0 aliphatic carbocycles. The second-order valence-corrected chi connectivity index (χ2v) is 5.49. The molecular weight excluding hydrogens is 230 g/mol. The second kappa shape index (κ2) is 8.29. The average Bonchev–Trinajstić information content (AvgIpc) is 2.33. The lowest BCUT2D eigenvalue weighted by Gasteiger charge is -2.11. The van der Waals surface area contributed by atoms with Crippen molar-refractivity contribution < 1.29 is 4.74 Å². The molecule has 0 heterocycles. The lowest BCUT2D eigenvalue weighted by molar-refractivity contribution is 0.271. The summed E-state index contributed by atoms with van der Waals surface area (Å²) >= 11 is 1.89. The van der Waals surface area contributed by atoms with E-state index in [-0.39, 0.29) is 0 Å². The molecule has 0 amide bonds. The number of rotatable bonds is 8. The molecule has 0 fully saturated rings. The second-order valence-electron chi connectivity index (χ2n) is 4.51. The zero-order valence-corrected chi connectivity index (χ0v) is 11.8. The SMILES string of the molecule is CSCCCNc1cccc(OCC(C)C)c1. The lowest BCUT2D eigenvalue weighted by Crippen LogP contribution is -2.05. The van der Waals surface area contributed by atoms with Gasteiger partial charge in [0.05, 0.1) is 6.61 Å². The molecule has 0 aromatic heterocycles. The van der Waals surface area contributed by atoms with Crippen molar-refractivity contribution in [3.63, 3.8) is 0 Å². The van der Waals surface area contributed by atoms with E-state index in [1.807, 2.05) is 23.9 Å². The van der Waals surface area contributed by atoms with Crippen LogP contribution in [-0.2, 0) is 0 Å². The molecule has 0 unspecified atom stereocenters. The van der Waals surface area contributed by atoms with Gasteiger partial charge in [0.1, 0.15) is 5.75 Å². The Bertz CT molecular complexity index is 315. The van der Waals surface area contributed by atoms with Gasteiger partial charge in [-0.1, -0.05) is 19.9 Å². The normalized spacial score (nSPS) is 10.6. The Morgan fingerprint density at radius 2 is 2.18 bits per heavy atom. The molecule has 0 saturated heterocycles. The maximum atomic E-state index is 5.69. The third-order valence-corrected chi connectivity index (χ3v) is 2.97. The topological polar surface area (TPSA) is 21.3 Å². The molecule has 3 heteroatoms. The zero-order chi connectivity index (χ0) is 12.5. The minimum absolute atomic E-state index is 0.563. The van der Waals surface area contributed by atoms with Crippen molar-refractivity contribution in [2.24, 2.45) is 5.92 Å². The van der Waals surface area contributed by atoms with Crippen LogP contribution in [-0.4, -0.2) is 25.2 Å². The number of anilines is 1. The van der Waals surface area contributed by atoms with E-state index >= 15 is 0 Å². The predicted octanol–water partition coefficient (Wildman–Crippen LogP) is 3.89. The number of hydrogen-bond acceptors (Lipinski definition) is 3. The van der Waals surface area contributed by atoms with Crippen LogP contribution in [0, 0.1) is 5.92 Å². The minimum atomic E-state index is 0.563. The maximum Gasteiger partial charge on any atom is 0.121 e. The van der Waals surface area contributed by atoms with Gasteiger partial charge in [-0.15, -0.1) is 0 Å². The van der Waals surface area contributed by atoms with E-state index in [4.69, 9.17) is 4.74 Å². The molecule has 1 aromatic rings. The quantitative estimate of drug-likeness (QED) is 0.710. The van der Waals surface area contributed by atoms with Crippen LogP contribution in [0.3, 0.4) is 0 Å². The van der Waals surface area contributed by atoms with Gasteiger partial charge >= 0.3 is 0 Å². The van der Waals surface area contributed by atoms with Gasteiger partial charge in [-0.2, -0.15) is 11.8 Å². The Kier molecular flexibility index (Phi) is 6.94. The molecule has 1 N–H and O–H groups in total. The summed E-state index contributed by atoms with van der Waals surface area (Å²) < 4.78 is 5.69. The minimum Gasteiger partial charge on any atom is -0.493 e. The fraction of sp³-hybridized carbons (Fsp3) is 0.571. The number of thioether (sulfide) groups is 1. The van der Waals surface area contributed by atoms with E-state index in [1.54, 1.807) is 0 Å². The third-order valence-electron chi connectivity index (χ3n) is 2.27. The average molecular weight is 253 g/mol. The largest absolute Gasteiger partial charge is 0.493 e. The number of nitrogens with one attached hydrogen (secondary N) is 1. The molecule has 0 bridgehead atoms. The molecule has 0 radical (unpaired) electrons. The summed E-state index contributed by atoms with van der Waals surface area (Å²) in [6.45, 7) is 6.11. The third kappa shape index (κ3) is 6.47. The van der Waals surface area contributed by atoms with Crippen LogP contribution in [0.15, 0.2) is 24.3 Å². The number of benzene rings is 1. The Morgan fingerprint density at radius 1 is 1.35 bits per heavy atom. The molecule has 2 nitrogen and oxygen atoms in total. The van der Waals surface area contributed by atoms with Crippen LogP contribution in [0.25, 0.3) is 0 Å². The molecule has 0 aliphatic heterocycles. The number of ether oxygens (including phenoxy) is 1. The molecule has 96 valence electrons. The molecule has 0 saturated carbocycles. The van der Waals surface area contributed by atoms with Gasteiger partial charge < -0.3 is 10.1 Å². The molecule has 1 aromatic carbocycles. The van der Waals surface area contributed by atoms with Gasteiger partial charge in [0, 0.05) is 18.3 Å². The summed E-state index contributed by atoms with van der Waals surface area (Å²) in [5.41, 5.74) is 1.15. The van der Waals surface area contributed by atoms with Crippen molar-refractivity contribution >= 4 is 17.4 Å².